The molecule has 240 valence electrons. The normalized spacial score (nSPS) is 14.6. The second-order valence-electron chi connectivity index (χ2n) is 12.3. The van der Waals surface area contributed by atoms with E-state index in [2.05, 4.69) is 9.71 Å². The van der Waals surface area contributed by atoms with Gasteiger partial charge in [-0.1, -0.05) is 78.9 Å². The van der Waals surface area contributed by atoms with Crippen molar-refractivity contribution in [3.63, 3.8) is 0 Å². The lowest BCUT2D eigenvalue weighted by molar-refractivity contribution is -0.142. The number of fused-ring (bicyclic) bond motifs is 1. The summed E-state index contributed by atoms with van der Waals surface area (Å²) in [6.45, 7) is 9.90. The Morgan fingerprint density at radius 1 is 0.913 bits per heavy atom. The summed E-state index contributed by atoms with van der Waals surface area (Å²) in [5.41, 5.74) is 4.78. The maximum absolute atomic E-state index is 14.5. The summed E-state index contributed by atoms with van der Waals surface area (Å²) in [6, 6.07) is 28.3. The van der Waals surface area contributed by atoms with Gasteiger partial charge in [0, 0.05) is 30.8 Å². The van der Waals surface area contributed by atoms with Gasteiger partial charge < -0.3 is 19.7 Å². The molecule has 4 aromatic carbocycles. The number of hydrogen-bond acceptors (Lipinski definition) is 5. The van der Waals surface area contributed by atoms with Crippen LogP contribution in [0.1, 0.15) is 53.1 Å². The highest BCUT2D eigenvalue weighted by Crippen LogP contribution is 2.44. The Morgan fingerprint density at radius 2 is 1.50 bits per heavy atom. The van der Waals surface area contributed by atoms with Crippen molar-refractivity contribution < 1.29 is 22.7 Å². The lowest BCUT2D eigenvalue weighted by atomic mass is 9.94. The van der Waals surface area contributed by atoms with Crippen LogP contribution in [0.25, 0.3) is 0 Å². The zero-order valence-corrected chi connectivity index (χ0v) is 28.0. The zero-order chi connectivity index (χ0) is 33.1. The number of esters is 1. The highest BCUT2D eigenvalue weighted by Gasteiger charge is 2.37. The van der Waals surface area contributed by atoms with E-state index in [1.807, 2.05) is 119 Å². The highest BCUT2D eigenvalue weighted by atomic mass is 32.2. The molecule has 0 saturated heterocycles. The third-order valence-corrected chi connectivity index (χ3v) is 9.93. The molecule has 8 nitrogen and oxygen atoms in total. The molecule has 0 spiro atoms. The van der Waals surface area contributed by atoms with E-state index < -0.39 is 27.5 Å². The molecule has 9 heteroatoms. The van der Waals surface area contributed by atoms with Gasteiger partial charge >= 0.3 is 5.97 Å². The number of carbonyl (C=O) groups is 1. The number of benzene rings is 4. The smallest absolute Gasteiger partial charge is 0.314 e. The summed E-state index contributed by atoms with van der Waals surface area (Å²) in [7, 11) is -2.92. The molecule has 0 radical (unpaired) electrons. The van der Waals surface area contributed by atoms with Crippen LogP contribution in [0.4, 0.5) is 5.69 Å². The van der Waals surface area contributed by atoms with Crippen LogP contribution in [-0.2, 0) is 32.5 Å². The second-order valence-corrected chi connectivity index (χ2v) is 13.8. The van der Waals surface area contributed by atoms with Crippen LogP contribution in [0.2, 0.25) is 0 Å². The molecule has 1 heterocycles. The Kier molecular flexibility index (Phi) is 9.53. The minimum Gasteiger partial charge on any atom is -0.487 e. The van der Waals surface area contributed by atoms with Crippen molar-refractivity contribution in [1.82, 2.24) is 4.90 Å². The number of sulfonamides is 1. The number of hydrogen-bond donors (Lipinski definition) is 1. The first kappa shape index (κ1) is 32.8. The number of nitrogens with zero attached hydrogens (tertiary/aromatic N) is 2. The molecule has 46 heavy (non-hydrogen) atoms. The first-order valence-electron chi connectivity index (χ1n) is 15.3. The van der Waals surface area contributed by atoms with Crippen molar-refractivity contribution in [2.75, 3.05) is 19.0 Å². The van der Waals surface area contributed by atoms with Crippen molar-refractivity contribution in [3.05, 3.63) is 124 Å². The van der Waals surface area contributed by atoms with Gasteiger partial charge in [0.25, 0.3) is 10.0 Å². The molecule has 0 bridgehead atoms. The monoisotopic (exact) mass is 639 g/mol. The van der Waals surface area contributed by atoms with E-state index in [9.17, 15) is 13.2 Å². The van der Waals surface area contributed by atoms with E-state index in [0.29, 0.717) is 23.2 Å². The molecule has 0 fully saturated rings. The van der Waals surface area contributed by atoms with Gasteiger partial charge in [0.15, 0.2) is 0 Å². The molecule has 5 rings (SSSR count). The fraction of sp³-hybridized carbons (Fsp3) is 0.297. The summed E-state index contributed by atoms with van der Waals surface area (Å²) in [6.07, 6.45) is 0.592. The molecule has 0 amide bonds. The largest absolute Gasteiger partial charge is 0.487 e. The van der Waals surface area contributed by atoms with Crippen LogP contribution in [0, 0.1) is 20.8 Å². The van der Waals surface area contributed by atoms with Crippen LogP contribution in [0.5, 0.6) is 5.75 Å². The number of ether oxygens (including phenoxy) is 2. The maximum atomic E-state index is 14.5. The van der Waals surface area contributed by atoms with E-state index >= 15 is 0 Å². The van der Waals surface area contributed by atoms with E-state index in [1.54, 1.807) is 11.8 Å². The molecule has 0 aromatic heterocycles. The van der Waals surface area contributed by atoms with Gasteiger partial charge in [-0.05, 0) is 74.6 Å². The summed E-state index contributed by atoms with van der Waals surface area (Å²) < 4.78 is 45.0. The molecule has 1 aliphatic rings. The third-order valence-electron chi connectivity index (χ3n) is 8.39. The lowest BCUT2D eigenvalue weighted by Gasteiger charge is -2.30. The van der Waals surface area contributed by atoms with Gasteiger partial charge in [-0.15, -0.1) is 4.40 Å². The standard InChI is InChI=1S/C37H41N3O5S/c1-25-26(2)34(27(3)31-22-37(4,5)45-33(25)31)46(42,43)39-36(38-30-20-14-9-15-21-30)40(23-28-16-10-7-11-17-28)24-32(35(41)44-6)29-18-12-8-13-19-29/h7-21,32H,22-24H2,1-6H3,(H,38,39). The third kappa shape index (κ3) is 7.10. The van der Waals surface area contributed by atoms with Crippen molar-refractivity contribution in [2.24, 2.45) is 4.40 Å². The Balaban J connectivity index is 1.68. The second kappa shape index (κ2) is 13.4. The Labute approximate surface area is 272 Å². The van der Waals surface area contributed by atoms with Gasteiger partial charge in [-0.2, -0.15) is 8.42 Å². The summed E-state index contributed by atoms with van der Waals surface area (Å²) in [5, 5.41) is 3.28. The molecular formula is C37H41N3O5S. The van der Waals surface area contributed by atoms with Gasteiger partial charge in [-0.25, -0.2) is 0 Å². The first-order chi connectivity index (χ1) is 21.9. The molecule has 1 unspecified atom stereocenters. The Bertz CT molecular complexity index is 1840. The van der Waals surface area contributed by atoms with Crippen LogP contribution >= 0.6 is 0 Å². The van der Waals surface area contributed by atoms with Gasteiger partial charge in [0.05, 0.1) is 17.9 Å². The number of carbonyl (C=O) groups excluding carboxylic acids is 1. The number of para-hydroxylation sites is 1. The van der Waals surface area contributed by atoms with E-state index in [1.165, 1.54) is 7.11 Å². The average molecular weight is 640 g/mol. The predicted octanol–water partition coefficient (Wildman–Crippen LogP) is 6.94. The fourth-order valence-electron chi connectivity index (χ4n) is 5.99. The first-order valence-corrected chi connectivity index (χ1v) is 16.7. The number of anilines is 1. The topological polar surface area (TPSA) is 97.3 Å². The molecular weight excluding hydrogens is 598 g/mol. The Hall–Kier alpha value is -4.63. The minimum atomic E-state index is -4.27. The van der Waals surface area contributed by atoms with Crippen LogP contribution in [-0.4, -0.2) is 44.5 Å². The van der Waals surface area contributed by atoms with E-state index in [0.717, 1.165) is 28.0 Å². The average Bonchev–Trinajstić information content (AvgIpc) is 3.38. The molecule has 0 aliphatic carbocycles. The number of nitrogens with one attached hydrogen (secondary N) is 1. The fourth-order valence-corrected chi connectivity index (χ4v) is 7.53. The van der Waals surface area contributed by atoms with Crippen molar-refractivity contribution in [1.29, 1.82) is 0 Å². The lowest BCUT2D eigenvalue weighted by Crippen LogP contribution is -2.41. The quantitative estimate of drug-likeness (QED) is 0.120. The summed E-state index contributed by atoms with van der Waals surface area (Å²) in [5.74, 6) is -0.311. The highest BCUT2D eigenvalue weighted by molar-refractivity contribution is 7.90. The van der Waals surface area contributed by atoms with Crippen molar-refractivity contribution in [2.45, 2.75) is 64.0 Å². The minimum absolute atomic E-state index is 0.0911. The van der Waals surface area contributed by atoms with E-state index in [-0.39, 0.29) is 23.9 Å². The van der Waals surface area contributed by atoms with Crippen molar-refractivity contribution >= 4 is 27.6 Å². The summed E-state index contributed by atoms with van der Waals surface area (Å²) in [4.78, 5) is 15.2. The van der Waals surface area contributed by atoms with Gasteiger partial charge in [-0.3, -0.25) is 4.79 Å². The zero-order valence-electron chi connectivity index (χ0n) is 27.2. The van der Waals surface area contributed by atoms with Crippen LogP contribution in [0.3, 0.4) is 0 Å². The Morgan fingerprint density at radius 3 is 2.11 bits per heavy atom. The predicted molar refractivity (Wildman–Crippen MR) is 182 cm³/mol. The number of methoxy groups -OCH3 is 1. The summed E-state index contributed by atoms with van der Waals surface area (Å²) >= 11 is 0. The molecule has 4 aromatic rings. The maximum Gasteiger partial charge on any atom is 0.314 e. The SMILES string of the molecule is COC(=O)C(CN(Cc1ccccc1)/C(=N/S(=O)(=O)c1c(C)c(C)c2c(c1C)CC(C)(C)O2)Nc1ccccc1)c1ccccc1. The molecule has 1 atom stereocenters. The van der Waals surface area contributed by atoms with Crippen LogP contribution < -0.4 is 10.1 Å². The molecule has 1 N–H and O–H groups in total. The van der Waals surface area contributed by atoms with E-state index in [4.69, 9.17) is 9.47 Å². The molecule has 1 aliphatic heterocycles. The molecule has 0 saturated carbocycles. The number of rotatable bonds is 9. The van der Waals surface area contributed by atoms with Gasteiger partial charge in [0.2, 0.25) is 5.96 Å². The number of guanidine groups is 1. The van der Waals surface area contributed by atoms with Crippen LogP contribution in [0.15, 0.2) is 100 Å². The van der Waals surface area contributed by atoms with Crippen molar-refractivity contribution in [3.8, 4) is 5.75 Å². The van der Waals surface area contributed by atoms with Gasteiger partial charge in [0.1, 0.15) is 11.4 Å².